The number of hydrogen-bond donors (Lipinski definition) is 4. The Bertz CT molecular complexity index is 1500. The van der Waals surface area contributed by atoms with E-state index in [-0.39, 0.29) is 5.69 Å². The number of pyridine rings is 1. The molecule has 1 unspecified atom stereocenters. The minimum Gasteiger partial charge on any atom is -0.496 e. The van der Waals surface area contributed by atoms with Crippen LogP contribution in [0, 0.1) is 0 Å². The van der Waals surface area contributed by atoms with E-state index in [1.54, 1.807) is 70.5 Å². The molecule has 2 aromatic carbocycles. The van der Waals surface area contributed by atoms with E-state index >= 15 is 0 Å². The minimum atomic E-state index is -1.07. The number of ether oxygens (including phenoxy) is 3. The number of nitrogens with one attached hydrogen (secondary N) is 3. The van der Waals surface area contributed by atoms with Gasteiger partial charge in [-0.25, -0.2) is 9.59 Å². The molecule has 4 amide bonds. The van der Waals surface area contributed by atoms with Crippen LogP contribution >= 0.6 is 0 Å². The van der Waals surface area contributed by atoms with Crippen LogP contribution in [-0.2, 0) is 15.0 Å². The van der Waals surface area contributed by atoms with Gasteiger partial charge in [0.15, 0.2) is 0 Å². The SMILES string of the molecule is COc1ccccc1C(CCCCCN1CCOCC1)(NC(N)=O)c1ccc(C(=O)Nc2ccccc2NC(=O)OC(C)(C)C)nc1. The first-order valence-corrected chi connectivity index (χ1v) is 15.9. The summed E-state index contributed by atoms with van der Waals surface area (Å²) in [5.74, 6) is 0.106. The molecule has 12 heteroatoms. The number of benzene rings is 2. The molecule has 0 radical (unpaired) electrons. The highest BCUT2D eigenvalue weighted by atomic mass is 16.6. The predicted molar refractivity (Wildman–Crippen MR) is 181 cm³/mol. The number of hydrogen-bond acceptors (Lipinski definition) is 8. The number of rotatable bonds is 13. The molecule has 0 bridgehead atoms. The third-order valence-corrected chi connectivity index (χ3v) is 7.83. The van der Waals surface area contributed by atoms with E-state index in [1.807, 2.05) is 24.3 Å². The second-order valence-electron chi connectivity index (χ2n) is 12.4. The number of carbonyl (C=O) groups is 3. The fourth-order valence-corrected chi connectivity index (χ4v) is 5.65. The molecule has 47 heavy (non-hydrogen) atoms. The monoisotopic (exact) mass is 646 g/mol. The highest BCUT2D eigenvalue weighted by Crippen LogP contribution is 2.40. The highest BCUT2D eigenvalue weighted by Gasteiger charge is 2.38. The molecule has 4 rings (SSSR count). The number of urea groups is 1. The van der Waals surface area contributed by atoms with Crippen molar-refractivity contribution in [2.24, 2.45) is 5.73 Å². The smallest absolute Gasteiger partial charge is 0.412 e. The van der Waals surface area contributed by atoms with Gasteiger partial charge in [0, 0.05) is 30.4 Å². The number of primary amides is 1. The van der Waals surface area contributed by atoms with Gasteiger partial charge in [0.2, 0.25) is 0 Å². The lowest BCUT2D eigenvalue weighted by atomic mass is 9.78. The quantitative estimate of drug-likeness (QED) is 0.178. The molecule has 1 atom stereocenters. The van der Waals surface area contributed by atoms with Gasteiger partial charge in [-0.15, -0.1) is 0 Å². The van der Waals surface area contributed by atoms with E-state index in [4.69, 9.17) is 19.9 Å². The Morgan fingerprint density at radius 2 is 1.60 bits per heavy atom. The average molecular weight is 647 g/mol. The van der Waals surface area contributed by atoms with Gasteiger partial charge in [-0.1, -0.05) is 49.2 Å². The Morgan fingerprint density at radius 3 is 2.23 bits per heavy atom. The molecule has 1 aromatic heterocycles. The van der Waals surface area contributed by atoms with Gasteiger partial charge >= 0.3 is 12.1 Å². The van der Waals surface area contributed by atoms with Crippen molar-refractivity contribution in [2.75, 3.05) is 50.6 Å². The van der Waals surface area contributed by atoms with Crippen LogP contribution in [0.5, 0.6) is 5.75 Å². The van der Waals surface area contributed by atoms with Crippen LogP contribution in [0.4, 0.5) is 21.0 Å². The number of nitrogens with two attached hydrogens (primary N) is 1. The maximum absolute atomic E-state index is 13.3. The van der Waals surface area contributed by atoms with Gasteiger partial charge < -0.3 is 30.6 Å². The Morgan fingerprint density at radius 1 is 0.915 bits per heavy atom. The number of carbonyl (C=O) groups excluding carboxylic acids is 3. The maximum Gasteiger partial charge on any atom is 0.412 e. The van der Waals surface area contributed by atoms with Gasteiger partial charge in [0.1, 0.15) is 17.0 Å². The first kappa shape index (κ1) is 35.2. The molecule has 2 heterocycles. The van der Waals surface area contributed by atoms with Crippen LogP contribution < -0.4 is 26.4 Å². The van der Waals surface area contributed by atoms with Gasteiger partial charge in [-0.05, 0) is 64.4 Å². The first-order valence-electron chi connectivity index (χ1n) is 15.9. The molecule has 0 aliphatic carbocycles. The topological polar surface area (TPSA) is 157 Å². The molecular weight excluding hydrogens is 600 g/mol. The minimum absolute atomic E-state index is 0.138. The Balaban J connectivity index is 1.56. The number of aromatic nitrogens is 1. The summed E-state index contributed by atoms with van der Waals surface area (Å²) in [6.07, 6.45) is 4.18. The van der Waals surface area contributed by atoms with Crippen LogP contribution in [0.25, 0.3) is 0 Å². The Kier molecular flexibility index (Phi) is 12.2. The van der Waals surface area contributed by atoms with Crippen molar-refractivity contribution in [3.8, 4) is 5.75 Å². The van der Waals surface area contributed by atoms with Gasteiger partial charge in [-0.2, -0.15) is 0 Å². The number of methoxy groups -OCH3 is 1. The van der Waals surface area contributed by atoms with E-state index in [2.05, 4.69) is 25.8 Å². The number of nitrogens with zero attached hydrogens (tertiary/aromatic N) is 2. The fourth-order valence-electron chi connectivity index (χ4n) is 5.65. The lowest BCUT2D eigenvalue weighted by molar-refractivity contribution is 0.0371. The molecule has 252 valence electrons. The molecule has 5 N–H and O–H groups in total. The van der Waals surface area contributed by atoms with E-state index in [0.29, 0.717) is 29.1 Å². The van der Waals surface area contributed by atoms with Crippen molar-refractivity contribution in [3.05, 3.63) is 83.7 Å². The van der Waals surface area contributed by atoms with Gasteiger partial charge in [-0.3, -0.25) is 20.0 Å². The maximum atomic E-state index is 13.3. The van der Waals surface area contributed by atoms with Crippen LogP contribution in [0.15, 0.2) is 66.9 Å². The normalized spacial score (nSPS) is 14.8. The van der Waals surface area contributed by atoms with Crippen LogP contribution in [-0.4, -0.2) is 73.5 Å². The van der Waals surface area contributed by atoms with Crippen molar-refractivity contribution in [1.29, 1.82) is 0 Å². The predicted octanol–water partition coefficient (Wildman–Crippen LogP) is 5.49. The summed E-state index contributed by atoms with van der Waals surface area (Å²) in [5.41, 5.74) is 6.32. The van der Waals surface area contributed by atoms with Crippen LogP contribution in [0.2, 0.25) is 0 Å². The molecule has 0 spiro atoms. The molecule has 0 saturated carbocycles. The third-order valence-electron chi connectivity index (χ3n) is 7.83. The molecule has 1 aliphatic heterocycles. The summed E-state index contributed by atoms with van der Waals surface area (Å²) in [4.78, 5) is 45.2. The summed E-state index contributed by atoms with van der Waals surface area (Å²) < 4.78 is 16.5. The molecular formula is C35H46N6O6. The van der Waals surface area contributed by atoms with Gasteiger partial charge in [0.05, 0.1) is 37.2 Å². The lowest BCUT2D eigenvalue weighted by Crippen LogP contribution is -2.49. The van der Waals surface area contributed by atoms with Crippen molar-refractivity contribution in [2.45, 2.75) is 57.6 Å². The highest BCUT2D eigenvalue weighted by molar-refractivity contribution is 6.05. The molecule has 1 aliphatic rings. The second kappa shape index (κ2) is 16.2. The van der Waals surface area contributed by atoms with E-state index < -0.39 is 29.2 Å². The first-order chi connectivity index (χ1) is 22.5. The fraction of sp³-hybridized carbons (Fsp3) is 0.429. The van der Waals surface area contributed by atoms with E-state index in [0.717, 1.165) is 57.7 Å². The molecule has 1 saturated heterocycles. The summed E-state index contributed by atoms with van der Waals surface area (Å²) in [6, 6.07) is 17.0. The lowest BCUT2D eigenvalue weighted by Gasteiger charge is -2.36. The van der Waals surface area contributed by atoms with Crippen molar-refractivity contribution < 1.29 is 28.6 Å². The third kappa shape index (κ3) is 9.90. The van der Waals surface area contributed by atoms with Crippen LogP contribution in [0.1, 0.15) is 68.1 Å². The number of para-hydroxylation sites is 3. The molecule has 3 aromatic rings. The zero-order valence-electron chi connectivity index (χ0n) is 27.6. The summed E-state index contributed by atoms with van der Waals surface area (Å²) in [6.45, 7) is 9.68. The zero-order chi connectivity index (χ0) is 33.9. The number of anilines is 2. The Hall–Kier alpha value is -4.68. The van der Waals surface area contributed by atoms with Crippen LogP contribution in [0.3, 0.4) is 0 Å². The average Bonchev–Trinajstić information content (AvgIpc) is 3.04. The zero-order valence-corrected chi connectivity index (χ0v) is 27.6. The summed E-state index contributed by atoms with van der Waals surface area (Å²) in [7, 11) is 1.58. The van der Waals surface area contributed by atoms with E-state index in [9.17, 15) is 14.4 Å². The number of unbranched alkanes of at least 4 members (excludes halogenated alkanes) is 2. The Labute approximate surface area is 276 Å². The summed E-state index contributed by atoms with van der Waals surface area (Å²) in [5, 5.41) is 8.51. The summed E-state index contributed by atoms with van der Waals surface area (Å²) >= 11 is 0. The number of amides is 4. The molecule has 1 fully saturated rings. The van der Waals surface area contributed by atoms with E-state index in [1.165, 1.54) is 0 Å². The standard InChI is InChI=1S/C35H46N6O6/c1-34(2,3)47-33(44)39-28-14-8-7-13-27(28)38-31(42)29-17-16-25(24-37-29)35(40-32(36)43,26-12-6-9-15-30(26)45-4)18-10-5-11-19-41-20-22-46-23-21-41/h6-9,12-17,24H,5,10-11,18-23H2,1-4H3,(H,38,42)(H,39,44)(H3,36,40,43). The second-order valence-corrected chi connectivity index (χ2v) is 12.4. The van der Waals surface area contributed by atoms with Crippen molar-refractivity contribution >= 4 is 29.4 Å². The number of morpholine rings is 1. The molecule has 12 nitrogen and oxygen atoms in total. The van der Waals surface area contributed by atoms with Crippen molar-refractivity contribution in [3.63, 3.8) is 0 Å². The van der Waals surface area contributed by atoms with Crippen molar-refractivity contribution in [1.82, 2.24) is 15.2 Å². The largest absolute Gasteiger partial charge is 0.496 e. The van der Waals surface area contributed by atoms with Gasteiger partial charge in [0.25, 0.3) is 5.91 Å².